The van der Waals surface area contributed by atoms with Crippen LogP contribution < -0.4 is 10.2 Å². The highest BCUT2D eigenvalue weighted by molar-refractivity contribution is 6.30. The van der Waals surface area contributed by atoms with Crippen molar-refractivity contribution in [2.75, 3.05) is 4.90 Å². The lowest BCUT2D eigenvalue weighted by atomic mass is 10.2. The molecule has 4 nitrogen and oxygen atoms in total. The molecule has 1 fully saturated rings. The smallest absolute Gasteiger partial charge is 0.292 e. The Morgan fingerprint density at radius 3 is 2.39 bits per heavy atom. The number of rotatable bonds is 4. The SMILES string of the molecule is O=C1C[C@H]([NH2+]Cc2ccc(Cl)cc2)C(=O)N1c1ccc(F)cc1. The van der Waals surface area contributed by atoms with E-state index in [0.717, 1.165) is 10.5 Å². The molecule has 6 heteroatoms. The van der Waals surface area contributed by atoms with Crippen molar-refractivity contribution < 1.29 is 19.3 Å². The fourth-order valence-corrected chi connectivity index (χ4v) is 2.73. The molecule has 0 aromatic heterocycles. The Morgan fingerprint density at radius 2 is 1.74 bits per heavy atom. The lowest BCUT2D eigenvalue weighted by Crippen LogP contribution is -2.90. The van der Waals surface area contributed by atoms with Crippen LogP contribution in [0.4, 0.5) is 10.1 Å². The van der Waals surface area contributed by atoms with Gasteiger partial charge < -0.3 is 5.32 Å². The number of benzene rings is 2. The Balaban J connectivity index is 1.68. The molecule has 2 aromatic carbocycles. The van der Waals surface area contributed by atoms with Gasteiger partial charge in [-0.1, -0.05) is 23.7 Å². The Bertz CT molecular complexity index is 731. The third-order valence-corrected chi connectivity index (χ3v) is 4.07. The summed E-state index contributed by atoms with van der Waals surface area (Å²) in [6, 6.07) is 12.2. The van der Waals surface area contributed by atoms with Crippen molar-refractivity contribution in [3.05, 3.63) is 64.9 Å². The molecular formula is C17H15ClFN2O2+. The van der Waals surface area contributed by atoms with Crippen molar-refractivity contribution in [1.29, 1.82) is 0 Å². The normalized spacial score (nSPS) is 17.8. The Morgan fingerprint density at radius 1 is 1.09 bits per heavy atom. The second kappa shape index (κ2) is 6.48. The van der Waals surface area contributed by atoms with Gasteiger partial charge in [0.15, 0.2) is 6.04 Å². The van der Waals surface area contributed by atoms with Gasteiger partial charge >= 0.3 is 0 Å². The van der Waals surface area contributed by atoms with Crippen LogP contribution in [-0.4, -0.2) is 17.9 Å². The molecule has 2 N–H and O–H groups in total. The lowest BCUT2D eigenvalue weighted by Gasteiger charge is -2.14. The lowest BCUT2D eigenvalue weighted by molar-refractivity contribution is -0.690. The van der Waals surface area contributed by atoms with Crippen molar-refractivity contribution in [1.82, 2.24) is 0 Å². The standard InChI is InChI=1S/C17H14ClFN2O2/c18-12-3-1-11(2-4-12)10-20-15-9-16(22)21(17(15)23)14-7-5-13(19)6-8-14/h1-8,15,20H,9-10H2/p+1/t15-/m0/s1. The minimum atomic E-state index is -0.455. The average molecular weight is 334 g/mol. The van der Waals surface area contributed by atoms with Crippen LogP contribution in [0.5, 0.6) is 0 Å². The van der Waals surface area contributed by atoms with Crippen LogP contribution in [0.1, 0.15) is 12.0 Å². The highest BCUT2D eigenvalue weighted by Crippen LogP contribution is 2.21. The summed E-state index contributed by atoms with van der Waals surface area (Å²) in [6.45, 7) is 0.581. The van der Waals surface area contributed by atoms with Gasteiger partial charge in [-0.05, 0) is 36.4 Å². The molecule has 1 saturated heterocycles. The van der Waals surface area contributed by atoms with Gasteiger partial charge in [-0.2, -0.15) is 0 Å². The zero-order valence-electron chi connectivity index (χ0n) is 12.2. The maximum atomic E-state index is 13.0. The summed E-state index contributed by atoms with van der Waals surface area (Å²) in [5.74, 6) is -0.937. The number of imide groups is 1. The summed E-state index contributed by atoms with van der Waals surface area (Å²) in [7, 11) is 0. The quantitative estimate of drug-likeness (QED) is 0.869. The first-order valence-corrected chi connectivity index (χ1v) is 7.62. The van der Waals surface area contributed by atoms with Crippen LogP contribution in [0.15, 0.2) is 48.5 Å². The van der Waals surface area contributed by atoms with E-state index >= 15 is 0 Å². The molecule has 0 radical (unpaired) electrons. The van der Waals surface area contributed by atoms with E-state index in [2.05, 4.69) is 0 Å². The topological polar surface area (TPSA) is 54.0 Å². The summed E-state index contributed by atoms with van der Waals surface area (Å²) in [5, 5.41) is 2.50. The van der Waals surface area contributed by atoms with E-state index in [9.17, 15) is 14.0 Å². The highest BCUT2D eigenvalue weighted by Gasteiger charge is 2.42. The molecule has 118 valence electrons. The number of hydrogen-bond donors (Lipinski definition) is 1. The number of amides is 2. The molecule has 1 atom stereocenters. The van der Waals surface area contributed by atoms with Gasteiger partial charge in [0.1, 0.15) is 12.4 Å². The summed E-state index contributed by atoms with van der Waals surface area (Å²) >= 11 is 5.84. The Labute approximate surface area is 137 Å². The van der Waals surface area contributed by atoms with E-state index in [1.54, 1.807) is 12.1 Å². The number of anilines is 1. The van der Waals surface area contributed by atoms with Gasteiger partial charge in [0.2, 0.25) is 5.91 Å². The Kier molecular flexibility index (Phi) is 4.41. The number of nitrogens with zero attached hydrogens (tertiary/aromatic N) is 1. The van der Waals surface area contributed by atoms with Crippen LogP contribution in [0.2, 0.25) is 5.02 Å². The molecule has 0 saturated carbocycles. The number of carbonyl (C=O) groups excluding carboxylic acids is 2. The first-order valence-electron chi connectivity index (χ1n) is 7.25. The van der Waals surface area contributed by atoms with Gasteiger partial charge in [0.25, 0.3) is 5.91 Å². The maximum Gasteiger partial charge on any atom is 0.292 e. The van der Waals surface area contributed by atoms with Gasteiger partial charge in [-0.15, -0.1) is 0 Å². The van der Waals surface area contributed by atoms with Crippen LogP contribution in [0, 0.1) is 5.82 Å². The predicted molar refractivity (Wildman–Crippen MR) is 84.4 cm³/mol. The van der Waals surface area contributed by atoms with Crippen LogP contribution in [0.3, 0.4) is 0 Å². The summed E-state index contributed by atoms with van der Waals surface area (Å²) in [5.41, 5.74) is 1.43. The van der Waals surface area contributed by atoms with Gasteiger partial charge in [0, 0.05) is 10.6 Å². The second-order valence-corrected chi connectivity index (χ2v) is 5.86. The molecule has 1 aliphatic heterocycles. The van der Waals surface area contributed by atoms with E-state index < -0.39 is 11.9 Å². The molecule has 1 heterocycles. The van der Waals surface area contributed by atoms with Crippen molar-refractivity contribution in [3.63, 3.8) is 0 Å². The number of carbonyl (C=O) groups is 2. The van der Waals surface area contributed by atoms with Crippen LogP contribution in [-0.2, 0) is 16.1 Å². The fourth-order valence-electron chi connectivity index (χ4n) is 2.60. The van der Waals surface area contributed by atoms with Crippen LogP contribution >= 0.6 is 11.6 Å². The van der Waals surface area contributed by atoms with Gasteiger partial charge in [0.05, 0.1) is 12.1 Å². The third-order valence-electron chi connectivity index (χ3n) is 3.82. The minimum absolute atomic E-state index is 0.143. The molecule has 0 aliphatic carbocycles. The average Bonchev–Trinajstić information content (AvgIpc) is 2.82. The molecule has 0 spiro atoms. The molecule has 2 amide bonds. The summed E-state index contributed by atoms with van der Waals surface area (Å²) in [4.78, 5) is 25.7. The number of quaternary nitrogens is 1. The molecule has 23 heavy (non-hydrogen) atoms. The monoisotopic (exact) mass is 333 g/mol. The zero-order valence-corrected chi connectivity index (χ0v) is 13.0. The highest BCUT2D eigenvalue weighted by atomic mass is 35.5. The third kappa shape index (κ3) is 3.41. The first-order chi connectivity index (χ1) is 11.0. The minimum Gasteiger partial charge on any atom is -0.332 e. The second-order valence-electron chi connectivity index (χ2n) is 5.42. The molecule has 0 unspecified atom stereocenters. The molecular weight excluding hydrogens is 319 g/mol. The predicted octanol–water partition coefficient (Wildman–Crippen LogP) is 1.87. The van der Waals surface area contributed by atoms with Crippen LogP contribution in [0.25, 0.3) is 0 Å². The molecule has 3 rings (SSSR count). The molecule has 1 aliphatic rings. The van der Waals surface area contributed by atoms with Gasteiger partial charge in [-0.25, -0.2) is 9.29 Å². The van der Waals surface area contributed by atoms with E-state index in [-0.39, 0.29) is 18.2 Å². The van der Waals surface area contributed by atoms with E-state index in [1.807, 2.05) is 17.4 Å². The summed E-state index contributed by atoms with van der Waals surface area (Å²) in [6.07, 6.45) is 0.143. The van der Waals surface area contributed by atoms with Crippen molar-refractivity contribution in [2.24, 2.45) is 0 Å². The number of hydrogen-bond acceptors (Lipinski definition) is 2. The number of nitrogens with two attached hydrogens (primary N) is 1. The van der Waals surface area contributed by atoms with E-state index in [1.165, 1.54) is 24.3 Å². The van der Waals surface area contributed by atoms with Crippen molar-refractivity contribution >= 4 is 29.1 Å². The summed E-state index contributed by atoms with van der Waals surface area (Å²) < 4.78 is 13.0. The van der Waals surface area contributed by atoms with Crippen molar-refractivity contribution in [3.8, 4) is 0 Å². The van der Waals surface area contributed by atoms with Gasteiger partial charge in [-0.3, -0.25) is 9.59 Å². The zero-order chi connectivity index (χ0) is 16.4. The molecule has 2 aromatic rings. The largest absolute Gasteiger partial charge is 0.332 e. The maximum absolute atomic E-state index is 13.0. The number of halogens is 2. The Hall–Kier alpha value is -2.24. The van der Waals surface area contributed by atoms with Crippen molar-refractivity contribution in [2.45, 2.75) is 19.0 Å². The first kappa shape index (κ1) is 15.6. The fraction of sp³-hybridized carbons (Fsp3) is 0.176. The van der Waals surface area contributed by atoms with E-state index in [4.69, 9.17) is 11.6 Å². The van der Waals surface area contributed by atoms with E-state index in [0.29, 0.717) is 17.3 Å². The molecule has 0 bridgehead atoms.